The van der Waals surface area contributed by atoms with Crippen molar-refractivity contribution in [2.45, 2.75) is 38.6 Å². The Morgan fingerprint density at radius 2 is 1.88 bits per heavy atom. The van der Waals surface area contributed by atoms with Crippen LogP contribution in [0.25, 0.3) is 0 Å². The molecule has 0 fully saturated rings. The number of ether oxygens (including phenoxy) is 1. The highest BCUT2D eigenvalue weighted by Crippen LogP contribution is 2.39. The lowest BCUT2D eigenvalue weighted by atomic mass is 10.1. The number of aryl methyl sites for hydroxylation is 1. The first-order chi connectivity index (χ1) is 11.8. The molecule has 1 atom stereocenters. The van der Waals surface area contributed by atoms with Gasteiger partial charge < -0.3 is 4.74 Å². The average molecular weight is 349 g/mol. The molecule has 0 saturated heterocycles. The van der Waals surface area contributed by atoms with Gasteiger partial charge in [0.15, 0.2) is 0 Å². The number of para-hydroxylation sites is 1. The van der Waals surface area contributed by atoms with Crippen LogP contribution in [0.4, 0.5) is 23.7 Å². The van der Waals surface area contributed by atoms with Crippen molar-refractivity contribution in [1.82, 2.24) is 0 Å². The molecule has 0 bridgehead atoms. The highest BCUT2D eigenvalue weighted by atomic mass is 19.4. The Bertz CT molecular complexity index is 759. The Labute approximate surface area is 144 Å². The molecule has 0 saturated carbocycles. The molecule has 1 amide bonds. The lowest BCUT2D eigenvalue weighted by Gasteiger charge is -2.26. The van der Waals surface area contributed by atoms with Gasteiger partial charge in [-0.3, -0.25) is 4.90 Å². The molecule has 0 radical (unpaired) electrons. The Kier molecular flexibility index (Phi) is 4.70. The Morgan fingerprint density at radius 1 is 1.16 bits per heavy atom. The van der Waals surface area contributed by atoms with E-state index >= 15 is 0 Å². The predicted octanol–water partition coefficient (Wildman–Crippen LogP) is 5.02. The normalized spacial score (nSPS) is 16.6. The van der Waals surface area contributed by atoms with E-state index in [4.69, 9.17) is 4.74 Å². The first kappa shape index (κ1) is 17.3. The van der Waals surface area contributed by atoms with Crippen LogP contribution in [0.1, 0.15) is 23.1 Å². The molecule has 25 heavy (non-hydrogen) atoms. The number of rotatable bonds is 3. The van der Waals surface area contributed by atoms with Crippen molar-refractivity contribution < 1.29 is 22.7 Å². The van der Waals surface area contributed by atoms with Crippen LogP contribution >= 0.6 is 0 Å². The van der Waals surface area contributed by atoms with Crippen LogP contribution < -0.4 is 4.90 Å². The number of halogens is 3. The quantitative estimate of drug-likeness (QED) is 0.779. The van der Waals surface area contributed by atoms with Crippen LogP contribution in [0, 0.1) is 6.92 Å². The third-order valence-corrected chi connectivity index (χ3v) is 4.25. The van der Waals surface area contributed by atoms with E-state index in [1.165, 1.54) is 4.90 Å². The summed E-state index contributed by atoms with van der Waals surface area (Å²) in [5, 5.41) is 0. The molecule has 6 heteroatoms. The highest BCUT2D eigenvalue weighted by Gasteiger charge is 2.42. The first-order valence-electron chi connectivity index (χ1n) is 8.00. The number of hydrogen-bond acceptors (Lipinski definition) is 2. The van der Waals surface area contributed by atoms with Gasteiger partial charge in [-0.2, -0.15) is 13.2 Å². The molecule has 2 aromatic carbocycles. The third kappa shape index (κ3) is 3.95. The minimum atomic E-state index is -4.35. The van der Waals surface area contributed by atoms with Crippen LogP contribution in [0.5, 0.6) is 0 Å². The summed E-state index contributed by atoms with van der Waals surface area (Å²) >= 11 is 0. The smallest absolute Gasteiger partial charge is 0.414 e. The number of fused-ring (bicyclic) bond motifs is 1. The van der Waals surface area contributed by atoms with Gasteiger partial charge in [-0.25, -0.2) is 4.79 Å². The van der Waals surface area contributed by atoms with E-state index < -0.39 is 24.7 Å². The van der Waals surface area contributed by atoms with Crippen molar-refractivity contribution in [1.29, 1.82) is 0 Å². The van der Waals surface area contributed by atoms with Crippen molar-refractivity contribution in [3.05, 3.63) is 65.2 Å². The van der Waals surface area contributed by atoms with Crippen molar-refractivity contribution >= 4 is 11.8 Å². The number of nitrogens with zero attached hydrogens (tertiary/aromatic N) is 1. The number of benzene rings is 2. The van der Waals surface area contributed by atoms with E-state index in [2.05, 4.69) is 0 Å². The zero-order chi connectivity index (χ0) is 18.0. The van der Waals surface area contributed by atoms with E-state index in [1.807, 2.05) is 18.2 Å². The fourth-order valence-electron chi connectivity index (χ4n) is 3.22. The predicted molar refractivity (Wildman–Crippen MR) is 88.4 cm³/mol. The fourth-order valence-corrected chi connectivity index (χ4v) is 3.22. The van der Waals surface area contributed by atoms with Gasteiger partial charge >= 0.3 is 12.3 Å². The van der Waals surface area contributed by atoms with Crippen LogP contribution in [0.2, 0.25) is 0 Å². The maximum Gasteiger partial charge on any atom is 0.414 e. The zero-order valence-electron chi connectivity index (χ0n) is 13.7. The van der Waals surface area contributed by atoms with Gasteiger partial charge in [0.2, 0.25) is 0 Å². The minimum Gasteiger partial charge on any atom is -0.444 e. The monoisotopic (exact) mass is 349 g/mol. The summed E-state index contributed by atoms with van der Waals surface area (Å²) < 4.78 is 44.1. The van der Waals surface area contributed by atoms with Crippen LogP contribution in [0.3, 0.4) is 0 Å². The van der Waals surface area contributed by atoms with E-state index in [-0.39, 0.29) is 13.0 Å². The molecule has 0 aromatic heterocycles. The Morgan fingerprint density at radius 3 is 2.56 bits per heavy atom. The molecule has 1 heterocycles. The van der Waals surface area contributed by atoms with Crippen molar-refractivity contribution in [2.24, 2.45) is 0 Å². The molecule has 0 spiro atoms. The summed E-state index contributed by atoms with van der Waals surface area (Å²) in [4.78, 5) is 13.7. The lowest BCUT2D eigenvalue weighted by Crippen LogP contribution is -2.41. The summed E-state index contributed by atoms with van der Waals surface area (Å²) in [6, 6.07) is 13.4. The fraction of sp³-hybridized carbons (Fsp3) is 0.316. The summed E-state index contributed by atoms with van der Waals surface area (Å²) in [5.41, 5.74) is 2.83. The van der Waals surface area contributed by atoms with Gasteiger partial charge in [0.25, 0.3) is 0 Å². The Balaban J connectivity index is 1.83. The first-order valence-corrected chi connectivity index (χ1v) is 8.00. The topological polar surface area (TPSA) is 29.5 Å². The molecule has 0 N–H and O–H groups in total. The second-order valence-corrected chi connectivity index (χ2v) is 6.17. The summed E-state index contributed by atoms with van der Waals surface area (Å²) in [7, 11) is 0. The van der Waals surface area contributed by atoms with Gasteiger partial charge in [0, 0.05) is 0 Å². The minimum absolute atomic E-state index is 0.0239. The lowest BCUT2D eigenvalue weighted by molar-refractivity contribution is -0.137. The molecular weight excluding hydrogens is 331 g/mol. The summed E-state index contributed by atoms with van der Waals surface area (Å²) in [6.45, 7) is 1.81. The molecule has 1 aliphatic heterocycles. The van der Waals surface area contributed by atoms with Crippen molar-refractivity contribution in [3.8, 4) is 0 Å². The molecule has 3 nitrogen and oxygen atoms in total. The van der Waals surface area contributed by atoms with Crippen LogP contribution in [-0.2, 0) is 17.8 Å². The Hall–Kier alpha value is -2.50. The van der Waals surface area contributed by atoms with Crippen LogP contribution in [-0.4, -0.2) is 18.3 Å². The number of anilines is 1. The van der Waals surface area contributed by atoms with E-state index in [1.54, 1.807) is 37.3 Å². The van der Waals surface area contributed by atoms with E-state index in [0.29, 0.717) is 5.69 Å². The van der Waals surface area contributed by atoms with Gasteiger partial charge in [-0.15, -0.1) is 0 Å². The SMILES string of the molecule is Cc1cccc2c1N(C(=O)OCc1ccccc1)C(CC(F)(F)F)C2. The van der Waals surface area contributed by atoms with Crippen molar-refractivity contribution in [3.63, 3.8) is 0 Å². The molecule has 0 aliphatic carbocycles. The van der Waals surface area contributed by atoms with Gasteiger partial charge in [-0.1, -0.05) is 48.5 Å². The molecule has 132 valence electrons. The summed E-state index contributed by atoms with van der Waals surface area (Å²) in [5.74, 6) is 0. The second-order valence-electron chi connectivity index (χ2n) is 6.17. The standard InChI is InChI=1S/C19H18F3NO2/c1-13-6-5-9-15-10-16(11-19(20,21)22)23(17(13)15)18(24)25-12-14-7-3-2-4-8-14/h2-9,16H,10-12H2,1H3. The maximum absolute atomic E-state index is 12.9. The maximum atomic E-state index is 12.9. The summed E-state index contributed by atoms with van der Waals surface area (Å²) in [6.07, 6.45) is -5.97. The number of alkyl halides is 3. The second kappa shape index (κ2) is 6.78. The van der Waals surface area contributed by atoms with Crippen LogP contribution in [0.15, 0.2) is 48.5 Å². The molecule has 1 unspecified atom stereocenters. The number of carbonyl (C=O) groups excluding carboxylic acids is 1. The molecule has 1 aliphatic rings. The van der Waals surface area contributed by atoms with Gasteiger partial charge in [0.1, 0.15) is 6.61 Å². The molecule has 3 rings (SSSR count). The highest BCUT2D eigenvalue weighted by molar-refractivity contribution is 5.92. The largest absolute Gasteiger partial charge is 0.444 e. The van der Waals surface area contributed by atoms with Gasteiger partial charge in [-0.05, 0) is 30.0 Å². The molecular formula is C19H18F3NO2. The van der Waals surface area contributed by atoms with E-state index in [9.17, 15) is 18.0 Å². The van der Waals surface area contributed by atoms with Gasteiger partial charge in [0.05, 0.1) is 18.2 Å². The third-order valence-electron chi connectivity index (χ3n) is 4.25. The molecule has 2 aromatic rings. The van der Waals surface area contributed by atoms with Crippen molar-refractivity contribution in [2.75, 3.05) is 4.90 Å². The average Bonchev–Trinajstić information content (AvgIpc) is 2.91. The number of carbonyl (C=O) groups is 1. The zero-order valence-corrected chi connectivity index (χ0v) is 13.7. The number of amides is 1. The van der Waals surface area contributed by atoms with E-state index in [0.717, 1.165) is 16.7 Å². The number of hydrogen-bond donors (Lipinski definition) is 0.